The van der Waals surface area contributed by atoms with Gasteiger partial charge in [-0.3, -0.25) is 4.79 Å². The molecule has 2 unspecified atom stereocenters. The van der Waals surface area contributed by atoms with Gasteiger partial charge < -0.3 is 10.6 Å². The summed E-state index contributed by atoms with van der Waals surface area (Å²) in [7, 11) is 0. The Kier molecular flexibility index (Phi) is 4.53. The third-order valence-corrected chi connectivity index (χ3v) is 5.75. The maximum Gasteiger partial charge on any atom is 0.238 e. The van der Waals surface area contributed by atoms with Crippen LogP contribution >= 0.6 is 23.5 Å². The van der Waals surface area contributed by atoms with Crippen molar-refractivity contribution in [3.8, 4) is 0 Å². The van der Waals surface area contributed by atoms with Crippen LogP contribution in [0.15, 0.2) is 23.1 Å². The molecule has 1 fully saturated rings. The Hall–Kier alpha value is -0.720. The van der Waals surface area contributed by atoms with Crippen molar-refractivity contribution < 1.29 is 9.18 Å². The second-order valence-electron chi connectivity index (χ2n) is 4.96. The average molecular weight is 312 g/mol. The minimum atomic E-state index is -0.239. The van der Waals surface area contributed by atoms with Crippen molar-refractivity contribution in [2.45, 2.75) is 23.4 Å². The molecule has 3 nitrogen and oxygen atoms in total. The maximum absolute atomic E-state index is 13.4. The van der Waals surface area contributed by atoms with Crippen molar-refractivity contribution in [2.75, 3.05) is 23.8 Å². The zero-order valence-electron chi connectivity index (χ0n) is 11.0. The largest absolute Gasteiger partial charge is 0.348 e. The number of hydrogen-bond donors (Lipinski definition) is 2. The van der Waals surface area contributed by atoms with E-state index in [4.69, 9.17) is 0 Å². The van der Waals surface area contributed by atoms with E-state index in [1.807, 2.05) is 6.07 Å². The topological polar surface area (TPSA) is 41.1 Å². The highest BCUT2D eigenvalue weighted by molar-refractivity contribution is 7.99. The summed E-state index contributed by atoms with van der Waals surface area (Å²) < 4.78 is 13.4. The van der Waals surface area contributed by atoms with Crippen molar-refractivity contribution in [1.82, 2.24) is 10.6 Å². The lowest BCUT2D eigenvalue weighted by Crippen LogP contribution is -2.50. The number of nitrogens with one attached hydrogen (secondary N) is 2. The van der Waals surface area contributed by atoms with E-state index in [2.05, 4.69) is 10.6 Å². The van der Waals surface area contributed by atoms with Crippen LogP contribution in [0.3, 0.4) is 0 Å². The summed E-state index contributed by atoms with van der Waals surface area (Å²) in [4.78, 5) is 13.4. The molecule has 6 heteroatoms. The van der Waals surface area contributed by atoms with Crippen molar-refractivity contribution >= 4 is 29.4 Å². The lowest BCUT2D eigenvalue weighted by Gasteiger charge is -2.29. The molecule has 0 radical (unpaired) electrons. The molecule has 2 heterocycles. The highest BCUT2D eigenvalue weighted by atomic mass is 32.2. The Labute approximate surface area is 126 Å². The maximum atomic E-state index is 13.4. The Balaban J connectivity index is 1.72. The third-order valence-electron chi connectivity index (χ3n) is 3.57. The first kappa shape index (κ1) is 14.2. The zero-order chi connectivity index (χ0) is 13.9. The Morgan fingerprint density at radius 2 is 2.30 bits per heavy atom. The van der Waals surface area contributed by atoms with Crippen LogP contribution in [0.4, 0.5) is 4.39 Å². The first-order valence-corrected chi connectivity index (χ1v) is 8.92. The van der Waals surface area contributed by atoms with E-state index in [1.54, 1.807) is 29.6 Å². The number of fused-ring (bicyclic) bond motifs is 1. The number of rotatable bonds is 2. The molecule has 20 heavy (non-hydrogen) atoms. The molecule has 2 aliphatic heterocycles. The molecule has 2 N–H and O–H groups in total. The molecule has 0 bridgehead atoms. The smallest absolute Gasteiger partial charge is 0.238 e. The fraction of sp³-hybridized carbons (Fsp3) is 0.500. The summed E-state index contributed by atoms with van der Waals surface area (Å²) in [5, 5.41) is 6.31. The van der Waals surface area contributed by atoms with Crippen LogP contribution in [-0.4, -0.2) is 35.8 Å². The van der Waals surface area contributed by atoms with Crippen LogP contribution in [0.25, 0.3) is 0 Å². The normalized spacial score (nSPS) is 25.9. The van der Waals surface area contributed by atoms with Gasteiger partial charge in [0.25, 0.3) is 0 Å². The molecular weight excluding hydrogens is 295 g/mol. The zero-order valence-corrected chi connectivity index (χ0v) is 12.7. The quantitative estimate of drug-likeness (QED) is 0.878. The molecule has 1 saturated heterocycles. The van der Waals surface area contributed by atoms with Crippen molar-refractivity contribution in [1.29, 1.82) is 0 Å². The standard InChI is InChI=1S/C14H17FN2OS2/c15-9-1-2-13-10(7-9)11(3-5-20-13)17-14(18)12-8-19-6-4-16-12/h1-2,7,11-12,16H,3-6,8H2,(H,17,18). The van der Waals surface area contributed by atoms with E-state index in [1.165, 1.54) is 6.07 Å². The molecule has 3 rings (SSSR count). The molecule has 1 aromatic rings. The van der Waals surface area contributed by atoms with Gasteiger partial charge in [0.15, 0.2) is 0 Å². The number of benzene rings is 1. The first-order valence-electron chi connectivity index (χ1n) is 6.78. The van der Waals surface area contributed by atoms with Gasteiger partial charge >= 0.3 is 0 Å². The summed E-state index contributed by atoms with van der Waals surface area (Å²) >= 11 is 3.52. The van der Waals surface area contributed by atoms with Crippen molar-refractivity contribution in [3.05, 3.63) is 29.6 Å². The molecule has 2 aliphatic rings. The summed E-state index contributed by atoms with van der Waals surface area (Å²) in [6.07, 6.45) is 0.854. The number of amides is 1. The Bertz CT molecular complexity index is 506. The predicted octanol–water partition coefficient (Wildman–Crippen LogP) is 2.18. The number of hydrogen-bond acceptors (Lipinski definition) is 4. The molecule has 1 aromatic carbocycles. The molecular formula is C14H17FN2OS2. The number of carbonyl (C=O) groups excluding carboxylic acids is 1. The van der Waals surface area contributed by atoms with Gasteiger partial charge in [-0.15, -0.1) is 11.8 Å². The van der Waals surface area contributed by atoms with Crippen LogP contribution in [0, 0.1) is 5.82 Å². The van der Waals surface area contributed by atoms with Gasteiger partial charge in [-0.2, -0.15) is 11.8 Å². The van der Waals surface area contributed by atoms with E-state index in [0.717, 1.165) is 40.7 Å². The molecule has 108 valence electrons. The lowest BCUT2D eigenvalue weighted by atomic mass is 10.0. The Morgan fingerprint density at radius 3 is 3.10 bits per heavy atom. The molecule has 1 amide bonds. The second kappa shape index (κ2) is 6.37. The van der Waals surface area contributed by atoms with Gasteiger partial charge in [0.2, 0.25) is 5.91 Å². The van der Waals surface area contributed by atoms with Gasteiger partial charge in [0.05, 0.1) is 12.1 Å². The van der Waals surface area contributed by atoms with E-state index >= 15 is 0 Å². The highest BCUT2D eigenvalue weighted by Crippen LogP contribution is 2.36. The molecule has 2 atom stereocenters. The summed E-state index contributed by atoms with van der Waals surface area (Å²) in [6.45, 7) is 0.870. The van der Waals surface area contributed by atoms with Crippen molar-refractivity contribution in [2.24, 2.45) is 0 Å². The van der Waals surface area contributed by atoms with Gasteiger partial charge in [-0.05, 0) is 30.2 Å². The lowest BCUT2D eigenvalue weighted by molar-refractivity contribution is -0.123. The first-order chi connectivity index (χ1) is 9.74. The van der Waals surface area contributed by atoms with Crippen molar-refractivity contribution in [3.63, 3.8) is 0 Å². The number of halogens is 1. The van der Waals surface area contributed by atoms with E-state index < -0.39 is 0 Å². The molecule has 0 spiro atoms. The third kappa shape index (κ3) is 3.13. The molecule has 0 aliphatic carbocycles. The van der Waals surface area contributed by atoms with E-state index in [-0.39, 0.29) is 23.8 Å². The van der Waals surface area contributed by atoms with Gasteiger partial charge in [0.1, 0.15) is 5.82 Å². The summed E-state index contributed by atoms with van der Waals surface area (Å²) in [5.41, 5.74) is 0.915. The SMILES string of the molecule is O=C(NC1CCSc2ccc(F)cc21)C1CSCCN1. The number of carbonyl (C=O) groups is 1. The number of thioether (sulfide) groups is 2. The molecule has 0 aromatic heterocycles. The van der Waals surface area contributed by atoms with Crippen LogP contribution in [0.5, 0.6) is 0 Å². The Morgan fingerprint density at radius 1 is 1.40 bits per heavy atom. The fourth-order valence-corrected chi connectivity index (χ4v) is 4.56. The average Bonchev–Trinajstić information content (AvgIpc) is 2.49. The highest BCUT2D eigenvalue weighted by Gasteiger charge is 2.27. The van der Waals surface area contributed by atoms with Crippen LogP contribution in [0.1, 0.15) is 18.0 Å². The van der Waals surface area contributed by atoms with Gasteiger partial charge in [-0.1, -0.05) is 0 Å². The second-order valence-corrected chi connectivity index (χ2v) is 7.25. The van der Waals surface area contributed by atoms with E-state index in [9.17, 15) is 9.18 Å². The predicted molar refractivity (Wildman–Crippen MR) is 81.7 cm³/mol. The minimum Gasteiger partial charge on any atom is -0.348 e. The van der Waals surface area contributed by atoms with Gasteiger partial charge in [0, 0.05) is 28.7 Å². The fourth-order valence-electron chi connectivity index (χ4n) is 2.52. The minimum absolute atomic E-state index is 0.0318. The summed E-state index contributed by atoms with van der Waals surface area (Å²) in [6, 6.07) is 4.65. The van der Waals surface area contributed by atoms with Gasteiger partial charge in [-0.25, -0.2) is 4.39 Å². The summed E-state index contributed by atoms with van der Waals surface area (Å²) in [5.74, 6) is 2.61. The van der Waals surface area contributed by atoms with Crippen LogP contribution in [-0.2, 0) is 4.79 Å². The monoisotopic (exact) mass is 312 g/mol. The molecule has 0 saturated carbocycles. The van der Waals surface area contributed by atoms with Crippen LogP contribution in [0.2, 0.25) is 0 Å². The van der Waals surface area contributed by atoms with E-state index in [0.29, 0.717) is 0 Å². The van der Waals surface area contributed by atoms with Crippen LogP contribution < -0.4 is 10.6 Å².